The highest BCUT2D eigenvalue weighted by atomic mass is 28.4. The molecule has 0 amide bonds. The van der Waals surface area contributed by atoms with Crippen LogP contribution in [0, 0.1) is 17.8 Å². The van der Waals surface area contributed by atoms with Crippen LogP contribution in [0.3, 0.4) is 0 Å². The van der Waals surface area contributed by atoms with Crippen molar-refractivity contribution < 1.29 is 23.5 Å². The molecule has 1 saturated carbocycles. The maximum atomic E-state index is 12.1. The molecule has 0 aromatic carbocycles. The molecule has 166 valence electrons. The van der Waals surface area contributed by atoms with Crippen molar-refractivity contribution in [3.8, 4) is 0 Å². The topological polar surface area (TPSA) is 61.8 Å². The van der Waals surface area contributed by atoms with Crippen LogP contribution in [0.25, 0.3) is 0 Å². The number of esters is 2. The molecule has 0 radical (unpaired) electrons. The first kappa shape index (κ1) is 24.1. The lowest BCUT2D eigenvalue weighted by Crippen LogP contribution is -2.40. The van der Waals surface area contributed by atoms with Gasteiger partial charge in [0, 0.05) is 12.5 Å². The number of rotatable bonds is 10. The molecule has 0 aromatic rings. The Morgan fingerprint density at radius 1 is 1.21 bits per heavy atom. The summed E-state index contributed by atoms with van der Waals surface area (Å²) in [5.41, 5.74) is 0. The molecule has 0 aromatic heterocycles. The largest absolute Gasteiger partial charge is 0.469 e. The number of methoxy groups -OCH3 is 1. The van der Waals surface area contributed by atoms with Crippen molar-refractivity contribution in [2.75, 3.05) is 13.7 Å². The quantitative estimate of drug-likeness (QED) is 0.207. The lowest BCUT2D eigenvalue weighted by molar-refractivity contribution is -0.149. The Labute approximate surface area is 177 Å². The monoisotopic (exact) mass is 424 g/mol. The first-order valence-electron chi connectivity index (χ1n) is 11.1. The van der Waals surface area contributed by atoms with Crippen LogP contribution in [0.4, 0.5) is 0 Å². The minimum atomic E-state index is -1.62. The first-order chi connectivity index (χ1) is 13.6. The van der Waals surface area contributed by atoms with Crippen molar-refractivity contribution in [1.82, 2.24) is 0 Å². The number of allylic oxidation sites excluding steroid dienone is 2. The van der Waals surface area contributed by atoms with E-state index in [-0.39, 0.29) is 40.8 Å². The predicted octanol–water partition coefficient (Wildman–Crippen LogP) is 5.26. The summed E-state index contributed by atoms with van der Waals surface area (Å²) in [6.07, 6.45) is 10.8. The van der Waals surface area contributed by atoms with Crippen molar-refractivity contribution in [2.24, 2.45) is 17.8 Å². The van der Waals surface area contributed by atoms with E-state index in [0.717, 1.165) is 25.9 Å². The van der Waals surface area contributed by atoms with E-state index in [4.69, 9.17) is 13.9 Å². The summed E-state index contributed by atoms with van der Waals surface area (Å²) in [4.78, 5) is 23.7. The molecule has 0 spiro atoms. The van der Waals surface area contributed by atoms with Crippen LogP contribution in [0.5, 0.6) is 0 Å². The smallest absolute Gasteiger partial charge is 0.309 e. The van der Waals surface area contributed by atoms with Gasteiger partial charge in [-0.2, -0.15) is 0 Å². The maximum absolute atomic E-state index is 12.1. The van der Waals surface area contributed by atoms with E-state index in [1.807, 2.05) is 0 Å². The molecule has 0 N–H and O–H groups in total. The zero-order chi connectivity index (χ0) is 21.7. The Kier molecular flexibility index (Phi) is 8.53. The molecule has 1 aliphatic heterocycles. The number of fused-ring (bicyclic) bond motifs is 1. The molecule has 5 nitrogen and oxygen atoms in total. The molecular formula is C23H40O5Si. The standard InChI is InChI=1S/C23H40O5Si/c1-23(2,3)29(5,6)27-14-12-10-8-7-9-11-13-17-18-16-21(24)28-20(18)15-19(17)22(25)26-4/h11,13,17-20H,7-10,12,14-16H2,1-6H3/t17-,18+,19-,20+/m0/s1. The Morgan fingerprint density at radius 2 is 1.90 bits per heavy atom. The van der Waals surface area contributed by atoms with Gasteiger partial charge in [0.25, 0.3) is 0 Å². The van der Waals surface area contributed by atoms with Crippen molar-refractivity contribution >= 4 is 20.3 Å². The van der Waals surface area contributed by atoms with Crippen molar-refractivity contribution in [3.05, 3.63) is 12.2 Å². The van der Waals surface area contributed by atoms with Crippen molar-refractivity contribution in [2.45, 2.75) is 90.0 Å². The third kappa shape index (κ3) is 6.42. The summed E-state index contributed by atoms with van der Waals surface area (Å²) in [6.45, 7) is 12.3. The van der Waals surface area contributed by atoms with E-state index in [1.54, 1.807) is 0 Å². The molecule has 0 bridgehead atoms. The fraction of sp³-hybridized carbons (Fsp3) is 0.826. The van der Waals surface area contributed by atoms with Gasteiger partial charge in [-0.1, -0.05) is 45.8 Å². The molecule has 2 aliphatic rings. The highest BCUT2D eigenvalue weighted by molar-refractivity contribution is 6.74. The average Bonchev–Trinajstić information content (AvgIpc) is 3.15. The number of ether oxygens (including phenoxy) is 2. The van der Waals surface area contributed by atoms with Crippen LogP contribution in [0.1, 0.15) is 65.7 Å². The molecule has 6 heteroatoms. The van der Waals surface area contributed by atoms with E-state index in [2.05, 4.69) is 46.0 Å². The van der Waals surface area contributed by atoms with Gasteiger partial charge < -0.3 is 13.9 Å². The fourth-order valence-corrected chi connectivity index (χ4v) is 5.23. The van der Waals surface area contributed by atoms with Crippen LogP contribution >= 0.6 is 0 Å². The zero-order valence-electron chi connectivity index (χ0n) is 19.2. The van der Waals surface area contributed by atoms with Gasteiger partial charge in [-0.05, 0) is 49.7 Å². The van der Waals surface area contributed by atoms with Gasteiger partial charge in [-0.25, -0.2) is 0 Å². The van der Waals surface area contributed by atoms with Crippen molar-refractivity contribution in [1.29, 1.82) is 0 Å². The van der Waals surface area contributed by atoms with Gasteiger partial charge >= 0.3 is 11.9 Å². The molecule has 29 heavy (non-hydrogen) atoms. The van der Waals surface area contributed by atoms with Crippen LogP contribution in [-0.2, 0) is 23.5 Å². The maximum Gasteiger partial charge on any atom is 0.309 e. The van der Waals surface area contributed by atoms with Gasteiger partial charge in [-0.15, -0.1) is 0 Å². The SMILES string of the molecule is COC(=O)[C@H]1C[C@H]2OC(=O)C[C@@H]2[C@@H]1C=CCCCCCCO[Si](C)(C)C(C)(C)C. The number of hydrogen-bond acceptors (Lipinski definition) is 5. The average molecular weight is 425 g/mol. The second-order valence-electron chi connectivity index (χ2n) is 10.1. The van der Waals surface area contributed by atoms with E-state index >= 15 is 0 Å². The fourth-order valence-electron chi connectivity index (χ4n) is 4.14. The molecule has 1 saturated heterocycles. The third-order valence-electron chi connectivity index (χ3n) is 7.00. The lowest BCUT2D eigenvalue weighted by Gasteiger charge is -2.36. The second-order valence-corrected chi connectivity index (χ2v) is 14.9. The van der Waals surface area contributed by atoms with Gasteiger partial charge in [0.1, 0.15) is 6.10 Å². The highest BCUT2D eigenvalue weighted by Crippen LogP contribution is 2.46. The molecule has 0 unspecified atom stereocenters. The Morgan fingerprint density at radius 3 is 2.55 bits per heavy atom. The normalized spacial score (nSPS) is 27.3. The zero-order valence-corrected chi connectivity index (χ0v) is 20.2. The second kappa shape index (κ2) is 10.2. The summed E-state index contributed by atoms with van der Waals surface area (Å²) < 4.78 is 16.6. The summed E-state index contributed by atoms with van der Waals surface area (Å²) in [5, 5.41) is 0.272. The summed E-state index contributed by atoms with van der Waals surface area (Å²) in [7, 11) is -0.191. The predicted molar refractivity (Wildman–Crippen MR) is 117 cm³/mol. The van der Waals surface area contributed by atoms with Gasteiger partial charge in [0.05, 0.1) is 19.4 Å². The lowest BCUT2D eigenvalue weighted by atomic mass is 9.87. The number of hydrogen-bond donors (Lipinski definition) is 0. The highest BCUT2D eigenvalue weighted by Gasteiger charge is 2.51. The summed E-state index contributed by atoms with van der Waals surface area (Å²) in [6, 6.07) is 0. The first-order valence-corrected chi connectivity index (χ1v) is 14.1. The van der Waals surface area contributed by atoms with Gasteiger partial charge in [0.15, 0.2) is 8.32 Å². The minimum absolute atomic E-state index is 0.0527. The van der Waals surface area contributed by atoms with Crippen molar-refractivity contribution in [3.63, 3.8) is 0 Å². The van der Waals surface area contributed by atoms with Crippen LogP contribution in [-0.4, -0.2) is 40.1 Å². The minimum Gasteiger partial charge on any atom is -0.469 e. The Bertz CT molecular complexity index is 593. The third-order valence-corrected chi connectivity index (χ3v) is 11.5. The van der Waals surface area contributed by atoms with E-state index in [9.17, 15) is 9.59 Å². The molecule has 1 aliphatic carbocycles. The Hall–Kier alpha value is -1.14. The molecule has 4 atom stereocenters. The van der Waals surface area contributed by atoms with E-state index in [0.29, 0.717) is 12.8 Å². The Balaban J connectivity index is 1.67. The molecular weight excluding hydrogens is 384 g/mol. The van der Waals surface area contributed by atoms with Gasteiger partial charge in [-0.3, -0.25) is 9.59 Å². The number of unbranched alkanes of at least 4 members (excludes halogenated alkanes) is 4. The summed E-state index contributed by atoms with van der Waals surface area (Å²) in [5.74, 6) is -0.340. The van der Waals surface area contributed by atoms with Crippen LogP contribution < -0.4 is 0 Å². The van der Waals surface area contributed by atoms with E-state index in [1.165, 1.54) is 20.0 Å². The molecule has 1 heterocycles. The molecule has 2 fully saturated rings. The number of carbonyl (C=O) groups excluding carboxylic acids is 2. The molecule has 2 rings (SSSR count). The van der Waals surface area contributed by atoms with Crippen LogP contribution in [0.2, 0.25) is 18.1 Å². The van der Waals surface area contributed by atoms with Gasteiger partial charge in [0.2, 0.25) is 0 Å². The number of carbonyl (C=O) groups is 2. The van der Waals surface area contributed by atoms with E-state index < -0.39 is 8.32 Å². The van der Waals surface area contributed by atoms with Crippen LogP contribution in [0.15, 0.2) is 12.2 Å². The summed E-state index contributed by atoms with van der Waals surface area (Å²) >= 11 is 0.